The highest BCUT2D eigenvalue weighted by Gasteiger charge is 2.31. The Bertz CT molecular complexity index is 523. The Kier molecular flexibility index (Phi) is 4.24. The van der Waals surface area contributed by atoms with Crippen LogP contribution in [0.15, 0.2) is 0 Å². The maximum atomic E-state index is 11.8. The third kappa shape index (κ3) is 3.45. The van der Waals surface area contributed by atoms with Gasteiger partial charge in [0.2, 0.25) is 0 Å². The number of carbonyl (C=O) groups is 2. The van der Waals surface area contributed by atoms with Crippen molar-refractivity contribution in [3.8, 4) is 0 Å². The molecule has 0 aromatic carbocycles. The number of carboxylic acids is 1. The van der Waals surface area contributed by atoms with E-state index in [-0.39, 0.29) is 23.0 Å². The molecule has 2 rings (SSSR count). The molecule has 1 aliphatic rings. The van der Waals surface area contributed by atoms with Gasteiger partial charge in [0.05, 0.1) is 24.4 Å². The van der Waals surface area contributed by atoms with Crippen LogP contribution in [0.4, 0.5) is 4.79 Å². The highest BCUT2D eigenvalue weighted by atomic mass is 32.1. The van der Waals surface area contributed by atoms with Gasteiger partial charge in [-0.3, -0.25) is 0 Å². The first-order chi connectivity index (χ1) is 9.39. The summed E-state index contributed by atoms with van der Waals surface area (Å²) in [6.07, 6.45) is 0.778. The molecule has 7 nitrogen and oxygen atoms in total. The Labute approximate surface area is 120 Å². The van der Waals surface area contributed by atoms with Crippen LogP contribution in [0.25, 0.3) is 0 Å². The van der Waals surface area contributed by atoms with E-state index in [9.17, 15) is 9.59 Å². The summed E-state index contributed by atoms with van der Waals surface area (Å²) in [4.78, 5) is 27.0. The number of ether oxygens (including phenoxy) is 1. The van der Waals surface area contributed by atoms with Gasteiger partial charge in [0.1, 0.15) is 9.88 Å². The Hall–Kier alpha value is -1.67. The predicted molar refractivity (Wildman–Crippen MR) is 73.0 cm³/mol. The van der Waals surface area contributed by atoms with Gasteiger partial charge in [-0.15, -0.1) is 11.3 Å². The molecule has 1 saturated heterocycles. The molecule has 1 unspecified atom stereocenters. The van der Waals surface area contributed by atoms with Gasteiger partial charge in [0.15, 0.2) is 0 Å². The summed E-state index contributed by atoms with van der Waals surface area (Å²) >= 11 is 1.07. The van der Waals surface area contributed by atoms with Crippen LogP contribution in [0, 0.1) is 6.92 Å². The smallest absolute Gasteiger partial charge is 0.347 e. The summed E-state index contributed by atoms with van der Waals surface area (Å²) in [5, 5.41) is 15.0. The molecule has 3 N–H and O–H groups in total. The van der Waals surface area contributed by atoms with Crippen LogP contribution in [-0.4, -0.2) is 40.8 Å². The molecule has 20 heavy (non-hydrogen) atoms. The molecule has 1 aliphatic heterocycles. The summed E-state index contributed by atoms with van der Waals surface area (Å²) in [5.74, 6) is -0.994. The summed E-state index contributed by atoms with van der Waals surface area (Å²) in [7, 11) is 0. The largest absolute Gasteiger partial charge is 0.477 e. The number of aromatic carboxylic acids is 1. The fraction of sp³-hybridized carbons (Fsp3) is 0.583. The van der Waals surface area contributed by atoms with Crippen molar-refractivity contribution < 1.29 is 19.4 Å². The number of thiazole rings is 1. The van der Waals surface area contributed by atoms with E-state index in [0.717, 1.165) is 17.8 Å². The lowest BCUT2D eigenvalue weighted by Gasteiger charge is -2.23. The molecule has 1 aromatic heterocycles. The van der Waals surface area contributed by atoms with Gasteiger partial charge >= 0.3 is 12.0 Å². The van der Waals surface area contributed by atoms with Crippen LogP contribution in [0.1, 0.15) is 33.7 Å². The minimum atomic E-state index is -0.994. The lowest BCUT2D eigenvalue weighted by molar-refractivity contribution is 0.0701. The Balaban J connectivity index is 1.87. The first-order valence-electron chi connectivity index (χ1n) is 6.23. The van der Waals surface area contributed by atoms with Crippen LogP contribution in [-0.2, 0) is 11.3 Å². The molecule has 0 saturated carbocycles. The third-order valence-electron chi connectivity index (χ3n) is 3.07. The number of hydrogen-bond donors (Lipinski definition) is 3. The number of carbonyl (C=O) groups excluding carboxylic acids is 1. The molecule has 110 valence electrons. The molecule has 0 radical (unpaired) electrons. The molecule has 0 aliphatic carbocycles. The Morgan fingerprint density at radius 3 is 2.85 bits per heavy atom. The number of rotatable bonds is 4. The van der Waals surface area contributed by atoms with Crippen molar-refractivity contribution in [2.45, 2.75) is 32.4 Å². The number of nitrogens with one attached hydrogen (secondary N) is 2. The number of amides is 2. The summed E-state index contributed by atoms with van der Waals surface area (Å²) in [5.41, 5.74) is 0.130. The number of nitrogens with zero attached hydrogens (tertiary/aromatic N) is 1. The first kappa shape index (κ1) is 14.7. The van der Waals surface area contributed by atoms with E-state index < -0.39 is 5.97 Å². The van der Waals surface area contributed by atoms with Gasteiger partial charge in [0, 0.05) is 6.61 Å². The van der Waals surface area contributed by atoms with Crippen LogP contribution in [0.5, 0.6) is 0 Å². The maximum absolute atomic E-state index is 11.8. The standard InChI is InChI=1S/C12H17N3O4S/c1-7-9(10(16)17)20-8(14-7)5-13-11(18)15-12(2)3-4-19-6-12/h3-6H2,1-2H3,(H,16,17)(H2,13,15,18). The van der Waals surface area contributed by atoms with E-state index in [1.54, 1.807) is 6.92 Å². The lowest BCUT2D eigenvalue weighted by Crippen LogP contribution is -2.50. The van der Waals surface area contributed by atoms with Gasteiger partial charge in [-0.1, -0.05) is 0 Å². The van der Waals surface area contributed by atoms with Crippen molar-refractivity contribution in [3.63, 3.8) is 0 Å². The van der Waals surface area contributed by atoms with Gasteiger partial charge in [-0.05, 0) is 20.3 Å². The van der Waals surface area contributed by atoms with E-state index in [2.05, 4.69) is 15.6 Å². The lowest BCUT2D eigenvalue weighted by atomic mass is 10.0. The van der Waals surface area contributed by atoms with Crippen LogP contribution >= 0.6 is 11.3 Å². The van der Waals surface area contributed by atoms with Crippen molar-refractivity contribution in [2.24, 2.45) is 0 Å². The van der Waals surface area contributed by atoms with Gasteiger partial charge in [-0.2, -0.15) is 0 Å². The number of urea groups is 1. The minimum Gasteiger partial charge on any atom is -0.477 e. The normalized spacial score (nSPS) is 21.7. The monoisotopic (exact) mass is 299 g/mol. The SMILES string of the molecule is Cc1nc(CNC(=O)NC2(C)CCOC2)sc1C(=O)O. The highest BCUT2D eigenvalue weighted by molar-refractivity contribution is 7.13. The molecular weight excluding hydrogens is 282 g/mol. The van der Waals surface area contributed by atoms with E-state index in [1.165, 1.54) is 0 Å². The predicted octanol–water partition coefficient (Wildman–Crippen LogP) is 1.13. The number of aromatic nitrogens is 1. The molecule has 1 atom stereocenters. The second kappa shape index (κ2) is 5.76. The van der Waals surface area contributed by atoms with Crippen molar-refractivity contribution >= 4 is 23.3 Å². The fourth-order valence-electron chi connectivity index (χ4n) is 1.97. The van der Waals surface area contributed by atoms with Crippen LogP contribution in [0.2, 0.25) is 0 Å². The molecule has 2 heterocycles. The molecule has 0 spiro atoms. The third-order valence-corrected chi connectivity index (χ3v) is 4.21. The molecule has 2 amide bonds. The van der Waals surface area contributed by atoms with E-state index >= 15 is 0 Å². The second-order valence-electron chi connectivity index (χ2n) is 5.00. The van der Waals surface area contributed by atoms with Crippen LogP contribution < -0.4 is 10.6 Å². The summed E-state index contributed by atoms with van der Waals surface area (Å²) in [6.45, 7) is 4.92. The molecular formula is C12H17N3O4S. The zero-order chi connectivity index (χ0) is 14.8. The molecule has 1 fully saturated rings. The Morgan fingerprint density at radius 2 is 2.30 bits per heavy atom. The quantitative estimate of drug-likeness (QED) is 0.773. The van der Waals surface area contributed by atoms with Crippen molar-refractivity contribution in [2.75, 3.05) is 13.2 Å². The maximum Gasteiger partial charge on any atom is 0.347 e. The minimum absolute atomic E-state index is 0.207. The van der Waals surface area contributed by atoms with Gasteiger partial charge < -0.3 is 20.5 Å². The zero-order valence-electron chi connectivity index (χ0n) is 11.4. The fourth-order valence-corrected chi connectivity index (χ4v) is 2.81. The number of hydrogen-bond acceptors (Lipinski definition) is 5. The first-order valence-corrected chi connectivity index (χ1v) is 7.05. The van der Waals surface area contributed by atoms with E-state index in [0.29, 0.717) is 23.9 Å². The molecule has 1 aromatic rings. The number of aryl methyl sites for hydroxylation is 1. The molecule has 8 heteroatoms. The highest BCUT2D eigenvalue weighted by Crippen LogP contribution is 2.18. The summed E-state index contributed by atoms with van der Waals surface area (Å²) in [6, 6.07) is -0.303. The summed E-state index contributed by atoms with van der Waals surface area (Å²) < 4.78 is 5.25. The van der Waals surface area contributed by atoms with Crippen molar-refractivity contribution in [3.05, 3.63) is 15.6 Å². The average Bonchev–Trinajstić information content (AvgIpc) is 2.93. The van der Waals surface area contributed by atoms with E-state index in [1.807, 2.05) is 6.92 Å². The molecule has 0 bridgehead atoms. The second-order valence-corrected chi connectivity index (χ2v) is 6.08. The van der Waals surface area contributed by atoms with Crippen LogP contribution in [0.3, 0.4) is 0 Å². The number of carboxylic acid groups (broad SMARTS) is 1. The average molecular weight is 299 g/mol. The zero-order valence-corrected chi connectivity index (χ0v) is 12.2. The van der Waals surface area contributed by atoms with Gasteiger partial charge in [-0.25, -0.2) is 14.6 Å². The van der Waals surface area contributed by atoms with Crippen molar-refractivity contribution in [1.29, 1.82) is 0 Å². The van der Waals surface area contributed by atoms with E-state index in [4.69, 9.17) is 9.84 Å². The Morgan fingerprint density at radius 1 is 1.55 bits per heavy atom. The van der Waals surface area contributed by atoms with Gasteiger partial charge in [0.25, 0.3) is 0 Å². The topological polar surface area (TPSA) is 101 Å². The van der Waals surface area contributed by atoms with Crippen molar-refractivity contribution in [1.82, 2.24) is 15.6 Å².